The van der Waals surface area contributed by atoms with Crippen molar-refractivity contribution >= 4 is 5.82 Å². The summed E-state index contributed by atoms with van der Waals surface area (Å²) in [4.78, 5) is 4.43. The maximum absolute atomic E-state index is 9.48. The number of benzene rings is 1. The highest BCUT2D eigenvalue weighted by molar-refractivity contribution is 5.79. The van der Waals surface area contributed by atoms with Gasteiger partial charge in [0.15, 0.2) is 0 Å². The molecule has 110 valence electrons. The second-order valence-electron chi connectivity index (χ2n) is 5.08. The molecule has 0 spiro atoms. The van der Waals surface area contributed by atoms with Gasteiger partial charge in [-0.2, -0.15) is 10.5 Å². The zero-order chi connectivity index (χ0) is 16.1. The molecule has 1 heterocycles. The van der Waals surface area contributed by atoms with Crippen LogP contribution in [0.1, 0.15) is 42.7 Å². The number of hydrogen-bond acceptors (Lipinski definition) is 4. The Bertz CT molecular complexity index is 762. The molecule has 0 aliphatic rings. The summed E-state index contributed by atoms with van der Waals surface area (Å²) >= 11 is 0. The van der Waals surface area contributed by atoms with Crippen LogP contribution in [0.4, 0.5) is 5.82 Å². The lowest BCUT2D eigenvalue weighted by atomic mass is 9.91. The Kier molecular flexibility index (Phi) is 4.76. The molecule has 1 aromatic carbocycles. The molecule has 0 atom stereocenters. The summed E-state index contributed by atoms with van der Waals surface area (Å²) in [6.45, 7) is 4.15. The molecule has 4 heteroatoms. The molecule has 2 rings (SSSR count). The maximum Gasteiger partial charge on any atom is 0.142 e. The summed E-state index contributed by atoms with van der Waals surface area (Å²) in [6, 6.07) is 11.5. The van der Waals surface area contributed by atoms with Crippen LogP contribution in [-0.2, 0) is 12.8 Å². The lowest BCUT2D eigenvalue weighted by Gasteiger charge is -2.16. The molecular formula is C18H18N4. The fourth-order valence-electron chi connectivity index (χ4n) is 2.66. The van der Waals surface area contributed by atoms with Crippen LogP contribution < -0.4 is 5.73 Å². The first-order valence-electron chi connectivity index (χ1n) is 7.38. The lowest BCUT2D eigenvalue weighted by molar-refractivity contribution is 0.860. The van der Waals surface area contributed by atoms with Crippen LogP contribution in [-0.4, -0.2) is 4.98 Å². The number of anilines is 1. The topological polar surface area (TPSA) is 86.5 Å². The van der Waals surface area contributed by atoms with Crippen LogP contribution in [0.2, 0.25) is 0 Å². The molecule has 0 unspecified atom stereocenters. The van der Waals surface area contributed by atoms with Crippen molar-refractivity contribution in [2.75, 3.05) is 5.73 Å². The van der Waals surface area contributed by atoms with E-state index in [1.807, 2.05) is 12.1 Å². The first-order valence-corrected chi connectivity index (χ1v) is 7.38. The van der Waals surface area contributed by atoms with Gasteiger partial charge in [0.1, 0.15) is 17.5 Å². The fraction of sp³-hybridized carbons (Fsp3) is 0.278. The van der Waals surface area contributed by atoms with Crippen LogP contribution in [0, 0.1) is 22.7 Å². The number of pyridine rings is 1. The quantitative estimate of drug-likeness (QED) is 0.932. The zero-order valence-corrected chi connectivity index (χ0v) is 12.8. The van der Waals surface area contributed by atoms with E-state index in [4.69, 9.17) is 11.0 Å². The monoisotopic (exact) mass is 290 g/mol. The molecule has 0 saturated heterocycles. The van der Waals surface area contributed by atoms with Gasteiger partial charge in [-0.05, 0) is 36.1 Å². The number of nitrogens with two attached hydrogens (primary N) is 1. The number of nitrogens with zero attached hydrogens (tertiary/aromatic N) is 3. The molecule has 0 bridgehead atoms. The number of nitrogen functional groups attached to an aromatic ring is 1. The smallest absolute Gasteiger partial charge is 0.142 e. The fourth-order valence-corrected chi connectivity index (χ4v) is 2.66. The third kappa shape index (κ3) is 2.77. The molecule has 0 aliphatic carbocycles. The van der Waals surface area contributed by atoms with E-state index < -0.39 is 0 Å². The van der Waals surface area contributed by atoms with E-state index in [9.17, 15) is 5.26 Å². The van der Waals surface area contributed by atoms with Crippen molar-refractivity contribution < 1.29 is 0 Å². The average molecular weight is 290 g/mol. The van der Waals surface area contributed by atoms with E-state index in [1.54, 1.807) is 12.1 Å². The largest absolute Gasteiger partial charge is 0.383 e. The summed E-state index contributed by atoms with van der Waals surface area (Å²) < 4.78 is 0. The first kappa shape index (κ1) is 15.5. The molecule has 4 nitrogen and oxygen atoms in total. The average Bonchev–Trinajstić information content (AvgIpc) is 2.54. The minimum atomic E-state index is 0.280. The van der Waals surface area contributed by atoms with Gasteiger partial charge in [-0.1, -0.05) is 32.4 Å². The van der Waals surface area contributed by atoms with E-state index >= 15 is 0 Å². The van der Waals surface area contributed by atoms with Gasteiger partial charge in [-0.25, -0.2) is 4.98 Å². The summed E-state index contributed by atoms with van der Waals surface area (Å²) in [7, 11) is 0. The van der Waals surface area contributed by atoms with Gasteiger partial charge in [0.05, 0.1) is 11.6 Å². The van der Waals surface area contributed by atoms with Gasteiger partial charge >= 0.3 is 0 Å². The van der Waals surface area contributed by atoms with Crippen molar-refractivity contribution in [3.05, 3.63) is 46.6 Å². The molecule has 22 heavy (non-hydrogen) atoms. The summed E-state index contributed by atoms with van der Waals surface area (Å²) in [5.41, 5.74) is 10.8. The zero-order valence-electron chi connectivity index (χ0n) is 12.8. The highest BCUT2D eigenvalue weighted by atomic mass is 14.9. The number of hydrogen-bond donors (Lipinski definition) is 1. The number of nitriles is 2. The van der Waals surface area contributed by atoms with Gasteiger partial charge in [0.25, 0.3) is 0 Å². The number of aryl methyl sites for hydroxylation is 1. The highest BCUT2D eigenvalue weighted by Crippen LogP contribution is 2.33. The molecule has 0 aliphatic heterocycles. The van der Waals surface area contributed by atoms with Crippen LogP contribution in [0.15, 0.2) is 24.3 Å². The minimum Gasteiger partial charge on any atom is -0.383 e. The van der Waals surface area contributed by atoms with Crippen molar-refractivity contribution in [1.82, 2.24) is 4.98 Å². The van der Waals surface area contributed by atoms with Gasteiger partial charge < -0.3 is 5.73 Å². The Balaban J connectivity index is 2.75. The van der Waals surface area contributed by atoms with E-state index in [-0.39, 0.29) is 5.82 Å². The van der Waals surface area contributed by atoms with Gasteiger partial charge in [-0.15, -0.1) is 0 Å². The Morgan fingerprint density at radius 3 is 2.27 bits per heavy atom. The number of aromatic nitrogens is 1. The number of rotatable bonds is 4. The normalized spacial score (nSPS) is 10.0. The maximum atomic E-state index is 9.48. The second-order valence-corrected chi connectivity index (χ2v) is 5.08. The van der Waals surface area contributed by atoms with Crippen molar-refractivity contribution in [3.63, 3.8) is 0 Å². The van der Waals surface area contributed by atoms with Crippen LogP contribution in [0.5, 0.6) is 0 Å². The molecular weight excluding hydrogens is 272 g/mol. The summed E-state index contributed by atoms with van der Waals surface area (Å²) in [5.74, 6) is 0.280. The van der Waals surface area contributed by atoms with Crippen LogP contribution >= 0.6 is 0 Å². The molecule has 0 saturated carbocycles. The molecule has 0 amide bonds. The Hall–Kier alpha value is -2.85. The van der Waals surface area contributed by atoms with E-state index in [1.165, 1.54) is 0 Å². The Labute approximate surface area is 130 Å². The van der Waals surface area contributed by atoms with Crippen molar-refractivity contribution in [1.29, 1.82) is 10.5 Å². The Morgan fingerprint density at radius 1 is 1.09 bits per heavy atom. The highest BCUT2D eigenvalue weighted by Gasteiger charge is 2.18. The van der Waals surface area contributed by atoms with Gasteiger partial charge in [0, 0.05) is 11.3 Å². The summed E-state index contributed by atoms with van der Waals surface area (Å²) in [6.07, 6.45) is 2.59. The minimum absolute atomic E-state index is 0.280. The van der Waals surface area contributed by atoms with Crippen molar-refractivity contribution in [2.24, 2.45) is 0 Å². The van der Waals surface area contributed by atoms with Crippen molar-refractivity contribution in [3.8, 4) is 23.3 Å². The molecule has 0 radical (unpaired) electrons. The van der Waals surface area contributed by atoms with Gasteiger partial charge in [0.2, 0.25) is 0 Å². The van der Waals surface area contributed by atoms with Gasteiger partial charge in [-0.3, -0.25) is 0 Å². The van der Waals surface area contributed by atoms with Crippen LogP contribution in [0.25, 0.3) is 11.1 Å². The Morgan fingerprint density at radius 2 is 1.77 bits per heavy atom. The second kappa shape index (κ2) is 6.74. The molecule has 2 N–H and O–H groups in total. The van der Waals surface area contributed by atoms with Crippen LogP contribution in [0.3, 0.4) is 0 Å². The SMILES string of the molecule is CCCc1nc(N)c(C#N)c(-c2ccc(C#N)cc2)c1CC. The lowest BCUT2D eigenvalue weighted by Crippen LogP contribution is -2.07. The standard InChI is InChI=1S/C18H18N4/c1-3-5-16-14(4-2)17(15(11-20)18(21)22-16)13-8-6-12(10-19)7-9-13/h6-9H,3-5H2,1-2H3,(H2,21,22). The molecule has 0 fully saturated rings. The molecule has 2 aromatic rings. The van der Waals surface area contributed by atoms with Crippen molar-refractivity contribution in [2.45, 2.75) is 33.1 Å². The predicted octanol–water partition coefficient (Wildman–Crippen LogP) is 3.59. The third-order valence-electron chi connectivity index (χ3n) is 3.67. The molecule has 1 aromatic heterocycles. The summed E-state index contributed by atoms with van der Waals surface area (Å²) in [5, 5.41) is 18.4. The predicted molar refractivity (Wildman–Crippen MR) is 86.9 cm³/mol. The first-order chi connectivity index (χ1) is 10.7. The van der Waals surface area contributed by atoms with E-state index in [2.05, 4.69) is 31.0 Å². The third-order valence-corrected chi connectivity index (χ3v) is 3.67. The van der Waals surface area contributed by atoms with E-state index in [0.717, 1.165) is 41.6 Å². The van der Waals surface area contributed by atoms with E-state index in [0.29, 0.717) is 11.1 Å².